The zero-order valence-electron chi connectivity index (χ0n) is 24.1. The second-order valence-electron chi connectivity index (χ2n) is 12.1. The summed E-state index contributed by atoms with van der Waals surface area (Å²) >= 11 is 12.7. The van der Waals surface area contributed by atoms with E-state index in [4.69, 9.17) is 32.7 Å². The van der Waals surface area contributed by atoms with Crippen molar-refractivity contribution in [2.75, 3.05) is 31.4 Å². The van der Waals surface area contributed by atoms with Crippen molar-refractivity contribution in [2.24, 2.45) is 5.41 Å². The fourth-order valence-electron chi connectivity index (χ4n) is 6.52. The number of esters is 1. The predicted molar refractivity (Wildman–Crippen MR) is 164 cm³/mol. The van der Waals surface area contributed by atoms with E-state index in [0.717, 1.165) is 11.3 Å². The van der Waals surface area contributed by atoms with E-state index in [0.29, 0.717) is 35.0 Å². The molecule has 1 saturated heterocycles. The van der Waals surface area contributed by atoms with Gasteiger partial charge in [0.2, 0.25) is 5.91 Å². The molecule has 0 radical (unpaired) electrons. The molecule has 3 N–H and O–H groups in total. The lowest BCUT2D eigenvalue weighted by Gasteiger charge is -2.39. The molecule has 0 aromatic heterocycles. The van der Waals surface area contributed by atoms with E-state index >= 15 is 4.39 Å². The molecule has 1 amide bonds. The van der Waals surface area contributed by atoms with Gasteiger partial charge in [-0.2, -0.15) is 0 Å². The number of methoxy groups -OCH3 is 2. The van der Waals surface area contributed by atoms with Gasteiger partial charge in [-0.1, -0.05) is 62.2 Å². The van der Waals surface area contributed by atoms with Gasteiger partial charge in [-0.15, -0.1) is 0 Å². The van der Waals surface area contributed by atoms with Gasteiger partial charge in [-0.3, -0.25) is 4.79 Å². The number of halogens is 3. The molecular weight excluding hydrogens is 580 g/mol. The number of hydrogen-bond acceptors (Lipinski definition) is 6. The third kappa shape index (κ3) is 5.32. The van der Waals surface area contributed by atoms with E-state index in [-0.39, 0.29) is 28.0 Å². The van der Waals surface area contributed by atoms with E-state index in [1.807, 2.05) is 18.2 Å². The van der Waals surface area contributed by atoms with E-state index in [9.17, 15) is 9.59 Å². The van der Waals surface area contributed by atoms with Crippen molar-refractivity contribution in [2.45, 2.75) is 50.6 Å². The number of ether oxygens (including phenoxy) is 2. The highest BCUT2D eigenvalue weighted by Crippen LogP contribution is 2.56. The molecular formula is C32H34Cl2FN3O4. The smallest absolute Gasteiger partial charge is 0.337 e. The SMILES string of the molecule is COC(=O)c1ccc(NC(=O)[C@H]2N[C@@H](CC(C)(C)C)[C@@]3(CNc4cc(Cl)ccc43)[C@@H]2c2cccc(Cl)c2F)c(OC)c1. The molecule has 4 atom stereocenters. The van der Waals surface area contributed by atoms with Crippen molar-refractivity contribution >= 4 is 46.5 Å². The van der Waals surface area contributed by atoms with Gasteiger partial charge in [0.1, 0.15) is 11.6 Å². The Labute approximate surface area is 255 Å². The largest absolute Gasteiger partial charge is 0.495 e. The van der Waals surface area contributed by atoms with Crippen molar-refractivity contribution in [3.63, 3.8) is 0 Å². The Kier molecular flexibility index (Phi) is 8.18. The molecule has 42 heavy (non-hydrogen) atoms. The number of rotatable bonds is 6. The summed E-state index contributed by atoms with van der Waals surface area (Å²) in [4.78, 5) is 26.3. The Balaban J connectivity index is 1.65. The molecule has 222 valence electrons. The minimum absolute atomic E-state index is 0.0107. The molecule has 2 aliphatic rings. The van der Waals surface area contributed by atoms with Gasteiger partial charge in [0.25, 0.3) is 0 Å². The van der Waals surface area contributed by atoms with Gasteiger partial charge >= 0.3 is 5.97 Å². The first-order valence-electron chi connectivity index (χ1n) is 13.7. The average molecular weight is 615 g/mol. The fraction of sp³-hybridized carbons (Fsp3) is 0.375. The zero-order chi connectivity index (χ0) is 30.4. The molecule has 7 nitrogen and oxygen atoms in total. The van der Waals surface area contributed by atoms with Crippen LogP contribution in [-0.2, 0) is 14.9 Å². The maximum atomic E-state index is 15.9. The Morgan fingerprint density at radius 2 is 1.86 bits per heavy atom. The topological polar surface area (TPSA) is 88.7 Å². The van der Waals surface area contributed by atoms with Crippen molar-refractivity contribution in [3.05, 3.63) is 87.2 Å². The Hall–Kier alpha value is -3.33. The van der Waals surface area contributed by atoms with Crippen LogP contribution in [0.5, 0.6) is 5.75 Å². The van der Waals surface area contributed by atoms with Crippen LogP contribution in [0.2, 0.25) is 10.0 Å². The van der Waals surface area contributed by atoms with Crippen molar-refractivity contribution in [1.29, 1.82) is 0 Å². The number of carbonyl (C=O) groups is 2. The van der Waals surface area contributed by atoms with Crippen LogP contribution in [0.4, 0.5) is 15.8 Å². The van der Waals surface area contributed by atoms with Gasteiger partial charge in [0.15, 0.2) is 0 Å². The van der Waals surface area contributed by atoms with Crippen LogP contribution < -0.4 is 20.7 Å². The summed E-state index contributed by atoms with van der Waals surface area (Å²) in [5, 5.41) is 10.7. The maximum Gasteiger partial charge on any atom is 0.337 e. The second-order valence-corrected chi connectivity index (χ2v) is 12.9. The molecule has 0 unspecified atom stereocenters. The number of nitrogens with one attached hydrogen (secondary N) is 3. The molecule has 0 saturated carbocycles. The predicted octanol–water partition coefficient (Wildman–Crippen LogP) is 6.79. The first-order chi connectivity index (χ1) is 19.9. The standard InChI is InChI=1S/C32H34Cl2FN3O4/c1-31(2,3)15-25-32(16-36-23-14-18(33)10-11-20(23)32)26(19-7-6-8-21(34)27(19)35)28(38-25)29(39)37-22-12-9-17(30(40)42-5)13-24(22)41-4/h6-14,25-26,28,36,38H,15-16H2,1-5H3,(H,37,39)/t25-,26+,28-,32-/m0/s1. The molecule has 1 spiro atoms. The molecule has 3 aromatic rings. The molecule has 10 heteroatoms. The lowest BCUT2D eigenvalue weighted by Crippen LogP contribution is -2.46. The van der Waals surface area contributed by atoms with E-state index in [1.165, 1.54) is 26.4 Å². The second kappa shape index (κ2) is 11.4. The molecule has 2 aliphatic heterocycles. The van der Waals surface area contributed by atoms with Crippen LogP contribution in [0.25, 0.3) is 0 Å². The summed E-state index contributed by atoms with van der Waals surface area (Å²) in [6.45, 7) is 6.89. The first-order valence-corrected chi connectivity index (χ1v) is 14.5. The minimum atomic E-state index is -0.848. The molecule has 0 bridgehead atoms. The van der Waals surface area contributed by atoms with Crippen molar-refractivity contribution in [3.8, 4) is 5.75 Å². The van der Waals surface area contributed by atoms with Crippen LogP contribution in [0.15, 0.2) is 54.6 Å². The summed E-state index contributed by atoms with van der Waals surface area (Å²) in [5.74, 6) is -1.81. The zero-order valence-corrected chi connectivity index (χ0v) is 25.6. The summed E-state index contributed by atoms with van der Waals surface area (Å²) in [5.41, 5.74) is 2.00. The summed E-state index contributed by atoms with van der Waals surface area (Å²) < 4.78 is 26.2. The number of anilines is 2. The Morgan fingerprint density at radius 3 is 2.55 bits per heavy atom. The van der Waals surface area contributed by atoms with Crippen LogP contribution >= 0.6 is 23.2 Å². The van der Waals surface area contributed by atoms with E-state index in [1.54, 1.807) is 24.3 Å². The van der Waals surface area contributed by atoms with Crippen molar-refractivity contribution < 1.29 is 23.5 Å². The summed E-state index contributed by atoms with van der Waals surface area (Å²) in [6.07, 6.45) is 0.705. The highest BCUT2D eigenvalue weighted by Gasteiger charge is 2.61. The third-order valence-electron chi connectivity index (χ3n) is 8.24. The number of fused-ring (bicyclic) bond motifs is 2. The molecule has 2 heterocycles. The number of hydrogen-bond donors (Lipinski definition) is 3. The van der Waals surface area contributed by atoms with E-state index in [2.05, 4.69) is 36.7 Å². The lowest BCUT2D eigenvalue weighted by atomic mass is 9.63. The first kappa shape index (κ1) is 30.1. The Morgan fingerprint density at radius 1 is 1.10 bits per heavy atom. The molecule has 5 rings (SSSR count). The number of benzene rings is 3. The average Bonchev–Trinajstić information content (AvgIpc) is 3.47. The van der Waals surface area contributed by atoms with Crippen LogP contribution in [0.1, 0.15) is 54.6 Å². The monoisotopic (exact) mass is 613 g/mol. The number of carbonyl (C=O) groups excluding carboxylic acids is 2. The van der Waals surface area contributed by atoms with Gasteiger partial charge in [0.05, 0.1) is 36.5 Å². The van der Waals surface area contributed by atoms with E-state index < -0.39 is 29.2 Å². The van der Waals surface area contributed by atoms with Crippen LogP contribution in [0.3, 0.4) is 0 Å². The van der Waals surface area contributed by atoms with Gasteiger partial charge in [-0.05, 0) is 59.4 Å². The van der Waals surface area contributed by atoms with Gasteiger partial charge in [0, 0.05) is 34.6 Å². The maximum absolute atomic E-state index is 15.9. The van der Waals surface area contributed by atoms with Crippen LogP contribution in [0, 0.1) is 11.2 Å². The summed E-state index contributed by atoms with van der Waals surface area (Å²) in [6, 6.07) is 14.2. The normalized spacial score (nSPS) is 22.9. The minimum Gasteiger partial charge on any atom is -0.495 e. The van der Waals surface area contributed by atoms with Gasteiger partial charge in [-0.25, -0.2) is 9.18 Å². The van der Waals surface area contributed by atoms with Crippen molar-refractivity contribution in [1.82, 2.24) is 5.32 Å². The quantitative estimate of drug-likeness (QED) is 0.265. The Bertz CT molecular complexity index is 1540. The number of amides is 1. The molecule has 0 aliphatic carbocycles. The third-order valence-corrected chi connectivity index (χ3v) is 8.77. The summed E-state index contributed by atoms with van der Waals surface area (Å²) in [7, 11) is 2.74. The van der Waals surface area contributed by atoms with Gasteiger partial charge < -0.3 is 25.4 Å². The highest BCUT2D eigenvalue weighted by molar-refractivity contribution is 6.31. The molecule has 1 fully saturated rings. The molecule has 3 aromatic carbocycles. The van der Waals surface area contributed by atoms with Crippen LogP contribution in [-0.4, -0.2) is 44.7 Å². The fourth-order valence-corrected chi connectivity index (χ4v) is 6.87. The lowest BCUT2D eigenvalue weighted by molar-refractivity contribution is -0.118. The highest BCUT2D eigenvalue weighted by atomic mass is 35.5.